The Balaban J connectivity index is 2.74. The molecular formula is C9H6BrF2N3S. The lowest BCUT2D eigenvalue weighted by Gasteiger charge is -2.04. The molecule has 84 valence electrons. The van der Waals surface area contributed by atoms with E-state index >= 15 is 0 Å². The van der Waals surface area contributed by atoms with E-state index in [2.05, 4.69) is 26.1 Å². The molecule has 2 rings (SSSR count). The molecule has 0 saturated heterocycles. The lowest BCUT2D eigenvalue weighted by Crippen LogP contribution is -1.98. The van der Waals surface area contributed by atoms with Gasteiger partial charge in [-0.2, -0.15) is 5.10 Å². The first-order chi connectivity index (χ1) is 7.50. The summed E-state index contributed by atoms with van der Waals surface area (Å²) < 4.78 is 29.3. The molecule has 0 amide bonds. The van der Waals surface area contributed by atoms with E-state index in [0.29, 0.717) is 9.24 Å². The predicted molar refractivity (Wildman–Crippen MR) is 61.4 cm³/mol. The summed E-state index contributed by atoms with van der Waals surface area (Å²) in [4.78, 5) is 0. The average Bonchev–Trinajstić information content (AvgIpc) is 2.48. The van der Waals surface area contributed by atoms with Crippen LogP contribution in [0.15, 0.2) is 16.6 Å². The van der Waals surface area contributed by atoms with Crippen LogP contribution in [0.2, 0.25) is 0 Å². The second kappa shape index (κ2) is 4.06. The smallest absolute Gasteiger partial charge is 0.195 e. The normalized spacial score (nSPS) is 10.8. The molecule has 0 unspecified atom stereocenters. The number of rotatable bonds is 1. The first-order valence-corrected chi connectivity index (χ1v) is 5.47. The summed E-state index contributed by atoms with van der Waals surface area (Å²) in [7, 11) is 1.59. The van der Waals surface area contributed by atoms with Gasteiger partial charge in [-0.1, -0.05) is 15.9 Å². The van der Waals surface area contributed by atoms with Crippen molar-refractivity contribution < 1.29 is 8.78 Å². The second-order valence-electron chi connectivity index (χ2n) is 3.16. The summed E-state index contributed by atoms with van der Waals surface area (Å²) in [6, 6.07) is 2.35. The van der Waals surface area contributed by atoms with Crippen molar-refractivity contribution in [3.8, 4) is 11.4 Å². The molecule has 1 aromatic heterocycles. The molecule has 3 nitrogen and oxygen atoms in total. The van der Waals surface area contributed by atoms with Gasteiger partial charge in [0.05, 0.1) is 5.56 Å². The van der Waals surface area contributed by atoms with Crippen molar-refractivity contribution >= 4 is 28.1 Å². The van der Waals surface area contributed by atoms with Gasteiger partial charge in [0.1, 0.15) is 11.6 Å². The summed E-state index contributed by atoms with van der Waals surface area (Å²) in [6.07, 6.45) is 0. The monoisotopic (exact) mass is 305 g/mol. The maximum absolute atomic E-state index is 13.6. The molecule has 1 aromatic carbocycles. The van der Waals surface area contributed by atoms with Crippen molar-refractivity contribution in [2.24, 2.45) is 7.05 Å². The van der Waals surface area contributed by atoms with Crippen LogP contribution in [-0.4, -0.2) is 14.8 Å². The van der Waals surface area contributed by atoms with E-state index in [1.54, 1.807) is 7.05 Å². The highest BCUT2D eigenvalue weighted by atomic mass is 79.9. The van der Waals surface area contributed by atoms with Crippen LogP contribution in [0.3, 0.4) is 0 Å². The van der Waals surface area contributed by atoms with Crippen LogP contribution in [0.1, 0.15) is 0 Å². The van der Waals surface area contributed by atoms with Crippen molar-refractivity contribution in [2.45, 2.75) is 0 Å². The fourth-order valence-electron chi connectivity index (χ4n) is 1.33. The average molecular weight is 306 g/mol. The van der Waals surface area contributed by atoms with Gasteiger partial charge in [-0.15, -0.1) is 0 Å². The Labute approximate surface area is 103 Å². The summed E-state index contributed by atoms with van der Waals surface area (Å²) in [6.45, 7) is 0. The topological polar surface area (TPSA) is 33.6 Å². The predicted octanol–water partition coefficient (Wildman–Crippen LogP) is 3.19. The number of aromatic amines is 1. The van der Waals surface area contributed by atoms with Crippen LogP contribution >= 0.6 is 28.1 Å². The molecule has 0 aliphatic heterocycles. The molecule has 0 bridgehead atoms. The quantitative estimate of drug-likeness (QED) is 0.821. The van der Waals surface area contributed by atoms with Gasteiger partial charge in [-0.05, 0) is 24.4 Å². The number of aromatic nitrogens is 3. The maximum Gasteiger partial charge on any atom is 0.195 e. The first kappa shape index (κ1) is 11.4. The van der Waals surface area contributed by atoms with E-state index in [1.165, 1.54) is 16.7 Å². The third kappa shape index (κ3) is 1.80. The van der Waals surface area contributed by atoms with E-state index in [4.69, 9.17) is 12.2 Å². The van der Waals surface area contributed by atoms with Gasteiger partial charge in [-0.25, -0.2) is 8.78 Å². The van der Waals surface area contributed by atoms with Gasteiger partial charge in [0.15, 0.2) is 10.6 Å². The summed E-state index contributed by atoms with van der Waals surface area (Å²) in [5.74, 6) is -1.25. The van der Waals surface area contributed by atoms with Gasteiger partial charge in [0.2, 0.25) is 0 Å². The van der Waals surface area contributed by atoms with Crippen molar-refractivity contribution in [3.05, 3.63) is 33.0 Å². The van der Waals surface area contributed by atoms with Crippen molar-refractivity contribution in [1.82, 2.24) is 14.8 Å². The summed E-state index contributed by atoms with van der Waals surface area (Å²) >= 11 is 7.88. The van der Waals surface area contributed by atoms with Crippen molar-refractivity contribution in [1.29, 1.82) is 0 Å². The fourth-order valence-corrected chi connectivity index (χ4v) is 1.86. The zero-order chi connectivity index (χ0) is 11.9. The van der Waals surface area contributed by atoms with Crippen molar-refractivity contribution in [2.75, 3.05) is 0 Å². The second-order valence-corrected chi connectivity index (χ2v) is 4.46. The zero-order valence-electron chi connectivity index (χ0n) is 8.09. The Morgan fingerprint density at radius 1 is 1.38 bits per heavy atom. The zero-order valence-corrected chi connectivity index (χ0v) is 10.5. The standard InChI is InChI=1S/C9H6BrF2N3S/c1-15-8(13-14-9(15)16)7-5(11)2-4(10)3-6(7)12/h2-3H,1H3,(H,14,16). The Hall–Kier alpha value is -1.08. The number of hydrogen-bond donors (Lipinski definition) is 1. The van der Waals surface area contributed by atoms with Gasteiger partial charge >= 0.3 is 0 Å². The molecule has 2 aromatic rings. The highest BCUT2D eigenvalue weighted by Gasteiger charge is 2.17. The van der Waals surface area contributed by atoms with Crippen LogP contribution in [-0.2, 0) is 7.05 Å². The van der Waals surface area contributed by atoms with Gasteiger partial charge < -0.3 is 4.57 Å². The molecule has 0 aliphatic rings. The van der Waals surface area contributed by atoms with Gasteiger partial charge in [-0.3, -0.25) is 5.10 Å². The number of hydrogen-bond acceptors (Lipinski definition) is 2. The van der Waals surface area contributed by atoms with E-state index in [0.717, 1.165) is 0 Å². The molecule has 0 aliphatic carbocycles. The minimum Gasteiger partial charge on any atom is -0.303 e. The van der Waals surface area contributed by atoms with E-state index in [9.17, 15) is 8.78 Å². The number of nitrogens with zero attached hydrogens (tertiary/aromatic N) is 2. The largest absolute Gasteiger partial charge is 0.303 e. The molecule has 1 heterocycles. The van der Waals surface area contributed by atoms with E-state index < -0.39 is 11.6 Å². The molecule has 1 N–H and O–H groups in total. The minimum absolute atomic E-state index is 0.132. The maximum atomic E-state index is 13.6. The van der Waals surface area contributed by atoms with E-state index in [1.807, 2.05) is 0 Å². The molecule has 0 saturated carbocycles. The summed E-state index contributed by atoms with van der Waals surface area (Å²) in [5.41, 5.74) is -0.196. The Bertz CT molecular complexity index is 582. The molecule has 0 spiro atoms. The molecule has 16 heavy (non-hydrogen) atoms. The number of halogens is 3. The SMILES string of the molecule is Cn1c(-c2c(F)cc(Br)cc2F)n[nH]c1=S. The Kier molecular flexibility index (Phi) is 2.90. The molecule has 0 fully saturated rings. The highest BCUT2D eigenvalue weighted by Crippen LogP contribution is 2.27. The Morgan fingerprint density at radius 2 is 1.94 bits per heavy atom. The third-order valence-electron chi connectivity index (χ3n) is 2.11. The lowest BCUT2D eigenvalue weighted by atomic mass is 10.2. The number of benzene rings is 1. The third-order valence-corrected chi connectivity index (χ3v) is 2.93. The number of H-pyrrole nitrogens is 1. The van der Waals surface area contributed by atoms with Gasteiger partial charge in [0.25, 0.3) is 0 Å². The molecular weight excluding hydrogens is 300 g/mol. The van der Waals surface area contributed by atoms with Crippen LogP contribution in [0.25, 0.3) is 11.4 Å². The van der Waals surface area contributed by atoms with Crippen LogP contribution < -0.4 is 0 Å². The van der Waals surface area contributed by atoms with Crippen LogP contribution in [0.5, 0.6) is 0 Å². The Morgan fingerprint density at radius 3 is 2.38 bits per heavy atom. The number of nitrogens with one attached hydrogen (secondary N) is 1. The van der Waals surface area contributed by atoms with Crippen LogP contribution in [0.4, 0.5) is 8.78 Å². The van der Waals surface area contributed by atoms with Crippen LogP contribution in [0, 0.1) is 16.4 Å². The van der Waals surface area contributed by atoms with E-state index in [-0.39, 0.29) is 11.4 Å². The molecule has 0 radical (unpaired) electrons. The lowest BCUT2D eigenvalue weighted by molar-refractivity contribution is 0.584. The van der Waals surface area contributed by atoms with Crippen molar-refractivity contribution in [3.63, 3.8) is 0 Å². The minimum atomic E-state index is -0.691. The first-order valence-electron chi connectivity index (χ1n) is 4.27. The summed E-state index contributed by atoms with van der Waals surface area (Å²) in [5, 5.41) is 6.26. The molecule has 0 atom stereocenters. The highest BCUT2D eigenvalue weighted by molar-refractivity contribution is 9.10. The fraction of sp³-hybridized carbons (Fsp3) is 0.111. The molecule has 7 heteroatoms. The van der Waals surface area contributed by atoms with Gasteiger partial charge in [0, 0.05) is 11.5 Å².